The third kappa shape index (κ3) is 4.20. The average molecular weight is 475 g/mol. The van der Waals surface area contributed by atoms with E-state index in [1.54, 1.807) is 0 Å². The van der Waals surface area contributed by atoms with Crippen molar-refractivity contribution in [1.29, 1.82) is 0 Å². The zero-order valence-electron chi connectivity index (χ0n) is 20.7. The molecule has 0 unspecified atom stereocenters. The van der Waals surface area contributed by atoms with Crippen LogP contribution < -0.4 is 0 Å². The van der Waals surface area contributed by atoms with Crippen molar-refractivity contribution in [1.82, 2.24) is 0 Å². The van der Waals surface area contributed by atoms with Gasteiger partial charge in [0, 0.05) is 24.7 Å². The van der Waals surface area contributed by atoms with Crippen molar-refractivity contribution in [2.75, 3.05) is 6.61 Å². The molecule has 34 heavy (non-hydrogen) atoms. The summed E-state index contributed by atoms with van der Waals surface area (Å²) in [7, 11) is 0. The molecule has 1 aromatic rings. The second-order valence-corrected chi connectivity index (χ2v) is 10.7. The number of carbonyl (C=O) groups excluding carboxylic acids is 1. The van der Waals surface area contributed by atoms with Gasteiger partial charge in [-0.25, -0.2) is 9.78 Å². The molecule has 7 nitrogen and oxygen atoms in total. The van der Waals surface area contributed by atoms with Gasteiger partial charge >= 0.3 is 5.97 Å². The maximum absolute atomic E-state index is 12.1. The van der Waals surface area contributed by atoms with Crippen molar-refractivity contribution < 1.29 is 33.5 Å². The van der Waals surface area contributed by atoms with Gasteiger partial charge in [0.15, 0.2) is 18.2 Å². The van der Waals surface area contributed by atoms with E-state index < -0.39 is 24.0 Å². The smallest absolute Gasteiger partial charge is 0.305 e. The van der Waals surface area contributed by atoms with Gasteiger partial charge in [0.2, 0.25) is 5.79 Å². The second kappa shape index (κ2) is 9.51. The molecule has 4 saturated heterocycles. The molecule has 4 heterocycles. The van der Waals surface area contributed by atoms with Crippen LogP contribution in [-0.2, 0) is 33.5 Å². The number of hydrogen-bond donors (Lipinski definition) is 0. The van der Waals surface area contributed by atoms with Gasteiger partial charge in [-0.1, -0.05) is 44.2 Å². The van der Waals surface area contributed by atoms with Crippen molar-refractivity contribution in [3.8, 4) is 0 Å². The molecule has 9 atom stereocenters. The van der Waals surface area contributed by atoms with Crippen molar-refractivity contribution >= 4 is 5.97 Å². The first-order chi connectivity index (χ1) is 16.4. The summed E-state index contributed by atoms with van der Waals surface area (Å²) >= 11 is 0. The molecule has 0 amide bonds. The standard InChI is InChI=1S/C27H38O7/c1-5-29-23(28)14-13-22(19-9-7-6-8-10-19)30-24-18(3)21-12-11-17(2)20-15-16-26(4)32-25(31-24)27(20,21)34-33-26/h6-10,17-18,20-22,24-25H,5,11-16H2,1-4H3/t17-,18-,20+,21+,22+,24+,25-,26+,27-/m1/s1. The Kier molecular flexibility index (Phi) is 6.77. The van der Waals surface area contributed by atoms with E-state index in [1.807, 2.05) is 44.2 Å². The van der Waals surface area contributed by atoms with Crippen LogP contribution in [0.15, 0.2) is 30.3 Å². The summed E-state index contributed by atoms with van der Waals surface area (Å²) in [6, 6.07) is 10.0. The lowest BCUT2D eigenvalue weighted by atomic mass is 9.58. The van der Waals surface area contributed by atoms with Crippen molar-refractivity contribution in [2.24, 2.45) is 23.7 Å². The fraction of sp³-hybridized carbons (Fsp3) is 0.741. The Hall–Kier alpha value is -1.51. The summed E-state index contributed by atoms with van der Waals surface area (Å²) in [5, 5.41) is 0. The van der Waals surface area contributed by atoms with E-state index in [1.165, 1.54) is 0 Å². The molecule has 5 aliphatic rings. The van der Waals surface area contributed by atoms with Crippen LogP contribution >= 0.6 is 0 Å². The molecular weight excluding hydrogens is 436 g/mol. The molecule has 0 N–H and O–H groups in total. The minimum absolute atomic E-state index is 0.0784. The maximum Gasteiger partial charge on any atom is 0.305 e. The third-order valence-corrected chi connectivity index (χ3v) is 8.48. The van der Waals surface area contributed by atoms with Gasteiger partial charge in [-0.2, -0.15) is 0 Å². The molecule has 0 aromatic heterocycles. The summed E-state index contributed by atoms with van der Waals surface area (Å²) < 4.78 is 24.9. The van der Waals surface area contributed by atoms with Gasteiger partial charge < -0.3 is 18.9 Å². The number of carbonyl (C=O) groups is 1. The monoisotopic (exact) mass is 474 g/mol. The van der Waals surface area contributed by atoms with Crippen molar-refractivity contribution in [3.63, 3.8) is 0 Å². The fourth-order valence-electron chi connectivity index (χ4n) is 6.65. The van der Waals surface area contributed by atoms with Gasteiger partial charge in [-0.3, -0.25) is 4.79 Å². The van der Waals surface area contributed by atoms with Crippen LogP contribution in [0, 0.1) is 23.7 Å². The lowest BCUT2D eigenvalue weighted by Crippen LogP contribution is -2.70. The maximum atomic E-state index is 12.1. The molecule has 1 saturated carbocycles. The zero-order valence-corrected chi connectivity index (χ0v) is 20.7. The topological polar surface area (TPSA) is 72.5 Å². The van der Waals surface area contributed by atoms with Crippen LogP contribution in [0.4, 0.5) is 0 Å². The second-order valence-electron chi connectivity index (χ2n) is 10.7. The number of rotatable bonds is 7. The lowest BCUT2D eigenvalue weighted by molar-refractivity contribution is -0.578. The number of hydrogen-bond acceptors (Lipinski definition) is 7. The summed E-state index contributed by atoms with van der Waals surface area (Å²) in [6.07, 6.45) is 3.43. The predicted octanol–water partition coefficient (Wildman–Crippen LogP) is 5.30. The zero-order chi connectivity index (χ0) is 23.9. The normalized spacial score (nSPS) is 41.9. The Balaban J connectivity index is 1.40. The molecule has 1 spiro atoms. The molecule has 7 heteroatoms. The number of benzene rings is 1. The van der Waals surface area contributed by atoms with Crippen LogP contribution in [0.1, 0.15) is 77.9 Å². The minimum Gasteiger partial charge on any atom is -0.466 e. The Morgan fingerprint density at radius 1 is 1.12 bits per heavy atom. The van der Waals surface area contributed by atoms with Gasteiger partial charge in [0.25, 0.3) is 0 Å². The molecular formula is C27H38O7. The first kappa shape index (κ1) is 24.2. The predicted molar refractivity (Wildman–Crippen MR) is 123 cm³/mol. The average Bonchev–Trinajstić information content (AvgIpc) is 3.06. The van der Waals surface area contributed by atoms with Crippen LogP contribution in [-0.4, -0.2) is 36.5 Å². The Labute approximate surface area is 202 Å². The first-order valence-electron chi connectivity index (χ1n) is 12.9. The Bertz CT molecular complexity index is 862. The molecule has 2 bridgehead atoms. The fourth-order valence-corrected chi connectivity index (χ4v) is 6.65. The van der Waals surface area contributed by atoms with E-state index in [-0.39, 0.29) is 30.3 Å². The quantitative estimate of drug-likeness (QED) is 0.392. The van der Waals surface area contributed by atoms with E-state index in [2.05, 4.69) is 13.8 Å². The SMILES string of the molecule is CCOC(=O)CC[C@H](O[C@H]1O[C@@H]2O[C@]3(C)CC[C@H]4[C@H](C)CC[C@@H]([C@H]1C)[C@@]24OO3)c1ccccc1. The molecule has 188 valence electrons. The molecule has 1 aliphatic carbocycles. The van der Waals surface area contributed by atoms with Gasteiger partial charge in [-0.15, -0.1) is 0 Å². The first-order valence-corrected chi connectivity index (χ1v) is 12.9. The van der Waals surface area contributed by atoms with Crippen molar-refractivity contribution in [2.45, 2.75) is 96.3 Å². The summed E-state index contributed by atoms with van der Waals surface area (Å²) in [5.41, 5.74) is 0.410. The number of ether oxygens (including phenoxy) is 4. The van der Waals surface area contributed by atoms with E-state index in [0.29, 0.717) is 24.9 Å². The Morgan fingerprint density at radius 2 is 1.91 bits per heavy atom. The molecule has 4 aliphatic heterocycles. The van der Waals surface area contributed by atoms with Gasteiger partial charge in [-0.05, 0) is 56.9 Å². The van der Waals surface area contributed by atoms with E-state index >= 15 is 0 Å². The Morgan fingerprint density at radius 3 is 2.68 bits per heavy atom. The van der Waals surface area contributed by atoms with E-state index in [9.17, 15) is 4.79 Å². The highest BCUT2D eigenvalue weighted by Crippen LogP contribution is 2.60. The van der Waals surface area contributed by atoms with Crippen LogP contribution in [0.3, 0.4) is 0 Å². The van der Waals surface area contributed by atoms with E-state index in [4.69, 9.17) is 28.7 Å². The highest BCUT2D eigenvalue weighted by atomic mass is 17.3. The number of esters is 1. The molecule has 1 aromatic carbocycles. The highest BCUT2D eigenvalue weighted by molar-refractivity contribution is 5.69. The largest absolute Gasteiger partial charge is 0.466 e. The minimum atomic E-state index is -0.814. The third-order valence-electron chi connectivity index (χ3n) is 8.48. The van der Waals surface area contributed by atoms with Gasteiger partial charge in [0.05, 0.1) is 12.7 Å². The molecule has 6 rings (SSSR count). The van der Waals surface area contributed by atoms with Crippen LogP contribution in [0.5, 0.6) is 0 Å². The summed E-state index contributed by atoms with van der Waals surface area (Å²) in [6.45, 7) is 8.62. The number of fused-ring (bicyclic) bond motifs is 2. The summed E-state index contributed by atoms with van der Waals surface area (Å²) in [5.74, 6) is 0.0803. The summed E-state index contributed by atoms with van der Waals surface area (Å²) in [4.78, 5) is 24.2. The molecule has 5 fully saturated rings. The molecule has 0 radical (unpaired) electrons. The highest BCUT2D eigenvalue weighted by Gasteiger charge is 2.69. The van der Waals surface area contributed by atoms with Crippen molar-refractivity contribution in [3.05, 3.63) is 35.9 Å². The lowest BCUT2D eigenvalue weighted by Gasteiger charge is -2.60. The van der Waals surface area contributed by atoms with E-state index in [0.717, 1.165) is 31.2 Å². The van der Waals surface area contributed by atoms with Crippen LogP contribution in [0.2, 0.25) is 0 Å². The van der Waals surface area contributed by atoms with Gasteiger partial charge in [0.1, 0.15) is 0 Å². The van der Waals surface area contributed by atoms with Crippen LogP contribution in [0.25, 0.3) is 0 Å².